The first-order valence-corrected chi connectivity index (χ1v) is 7.27. The molecular formula is C14H20O3S. The molecule has 0 aliphatic carbocycles. The molecule has 0 heterocycles. The van der Waals surface area contributed by atoms with Gasteiger partial charge >= 0.3 is 5.97 Å². The van der Waals surface area contributed by atoms with E-state index >= 15 is 0 Å². The fourth-order valence-corrected chi connectivity index (χ4v) is 2.69. The van der Waals surface area contributed by atoms with E-state index in [9.17, 15) is 4.79 Å². The molecule has 0 spiro atoms. The van der Waals surface area contributed by atoms with Gasteiger partial charge in [0.25, 0.3) is 0 Å². The van der Waals surface area contributed by atoms with E-state index in [2.05, 4.69) is 19.1 Å². The molecule has 0 saturated heterocycles. The van der Waals surface area contributed by atoms with Crippen molar-refractivity contribution < 1.29 is 14.6 Å². The van der Waals surface area contributed by atoms with Gasteiger partial charge in [-0.3, -0.25) is 0 Å². The predicted octanol–water partition coefficient (Wildman–Crippen LogP) is 3.11. The highest BCUT2D eigenvalue weighted by Gasteiger charge is 2.16. The monoisotopic (exact) mass is 268 g/mol. The summed E-state index contributed by atoms with van der Waals surface area (Å²) in [5.41, 5.74) is 2.59. The number of benzene rings is 1. The lowest BCUT2D eigenvalue weighted by atomic mass is 10.1. The fraction of sp³-hybridized carbons (Fsp3) is 0.500. The molecule has 1 atom stereocenters. The van der Waals surface area contributed by atoms with Crippen molar-refractivity contribution in [1.82, 2.24) is 0 Å². The molecule has 0 radical (unpaired) electrons. The first-order valence-electron chi connectivity index (χ1n) is 6.11. The van der Waals surface area contributed by atoms with Crippen LogP contribution in [0.25, 0.3) is 0 Å². The molecule has 0 saturated carbocycles. The fourth-order valence-electron chi connectivity index (χ4n) is 1.62. The number of thioether (sulfide) groups is 1. The first kappa shape index (κ1) is 15.1. The van der Waals surface area contributed by atoms with E-state index in [4.69, 9.17) is 9.84 Å². The number of carbonyl (C=O) groups is 1. The van der Waals surface area contributed by atoms with Gasteiger partial charge in [-0.15, -0.1) is 0 Å². The van der Waals surface area contributed by atoms with Crippen LogP contribution in [0.2, 0.25) is 0 Å². The van der Waals surface area contributed by atoms with Crippen LogP contribution in [0.15, 0.2) is 24.3 Å². The van der Waals surface area contributed by atoms with Crippen LogP contribution < -0.4 is 0 Å². The van der Waals surface area contributed by atoms with Crippen LogP contribution in [-0.4, -0.2) is 29.5 Å². The lowest BCUT2D eigenvalue weighted by Crippen LogP contribution is -2.24. The summed E-state index contributed by atoms with van der Waals surface area (Å²) in [5, 5.41) is 8.93. The standard InChI is InChI=1S/C14H20O3S/c1-3-17-13(14(15)16)8-9-18-10-12-7-5-4-6-11(12)2/h4-7,13H,3,8-10H2,1-2H3,(H,15,16). The average molecular weight is 268 g/mol. The highest BCUT2D eigenvalue weighted by molar-refractivity contribution is 7.98. The van der Waals surface area contributed by atoms with Gasteiger partial charge in [-0.2, -0.15) is 11.8 Å². The van der Waals surface area contributed by atoms with Crippen molar-refractivity contribution >= 4 is 17.7 Å². The zero-order valence-corrected chi connectivity index (χ0v) is 11.7. The third-order valence-corrected chi connectivity index (χ3v) is 3.73. The molecule has 0 amide bonds. The lowest BCUT2D eigenvalue weighted by molar-refractivity contribution is -0.150. The van der Waals surface area contributed by atoms with Gasteiger partial charge in [0.2, 0.25) is 0 Å². The van der Waals surface area contributed by atoms with Gasteiger partial charge in [-0.05, 0) is 37.1 Å². The molecule has 0 bridgehead atoms. The molecule has 0 aromatic heterocycles. The van der Waals surface area contributed by atoms with Gasteiger partial charge in [0.1, 0.15) is 0 Å². The van der Waals surface area contributed by atoms with Crippen molar-refractivity contribution in [2.75, 3.05) is 12.4 Å². The number of carboxylic acid groups (broad SMARTS) is 1. The summed E-state index contributed by atoms with van der Waals surface area (Å²) in [7, 11) is 0. The Hall–Kier alpha value is -1.00. The largest absolute Gasteiger partial charge is 0.479 e. The molecule has 0 aliphatic rings. The van der Waals surface area contributed by atoms with Crippen LogP contribution >= 0.6 is 11.8 Å². The molecule has 3 nitrogen and oxygen atoms in total. The number of aryl methyl sites for hydroxylation is 1. The Morgan fingerprint density at radius 1 is 1.44 bits per heavy atom. The second kappa shape index (κ2) is 8.16. The van der Waals surface area contributed by atoms with Crippen LogP contribution in [0.4, 0.5) is 0 Å². The predicted molar refractivity (Wildman–Crippen MR) is 75.0 cm³/mol. The topological polar surface area (TPSA) is 46.5 Å². The van der Waals surface area contributed by atoms with Crippen molar-refractivity contribution in [2.45, 2.75) is 32.1 Å². The van der Waals surface area contributed by atoms with Crippen LogP contribution in [0.5, 0.6) is 0 Å². The van der Waals surface area contributed by atoms with Crippen molar-refractivity contribution in [3.8, 4) is 0 Å². The highest BCUT2D eigenvalue weighted by Crippen LogP contribution is 2.17. The van der Waals surface area contributed by atoms with Crippen LogP contribution in [-0.2, 0) is 15.3 Å². The smallest absolute Gasteiger partial charge is 0.332 e. The summed E-state index contributed by atoms with van der Waals surface area (Å²) in [4.78, 5) is 10.9. The number of aliphatic carboxylic acids is 1. The number of ether oxygens (including phenoxy) is 1. The minimum absolute atomic E-state index is 0.444. The molecule has 0 fully saturated rings. The number of carboxylic acids is 1. The third-order valence-electron chi connectivity index (χ3n) is 2.69. The summed E-state index contributed by atoms with van der Waals surface area (Å²) >= 11 is 1.75. The average Bonchev–Trinajstić information content (AvgIpc) is 2.35. The van der Waals surface area contributed by atoms with Gasteiger partial charge < -0.3 is 9.84 Å². The van der Waals surface area contributed by atoms with E-state index in [-0.39, 0.29) is 0 Å². The maximum Gasteiger partial charge on any atom is 0.332 e. The summed E-state index contributed by atoms with van der Waals surface area (Å²) in [5.74, 6) is 0.851. The summed E-state index contributed by atoms with van der Waals surface area (Å²) < 4.78 is 5.17. The Morgan fingerprint density at radius 2 is 2.17 bits per heavy atom. The first-order chi connectivity index (χ1) is 8.65. The summed E-state index contributed by atoms with van der Waals surface area (Å²) in [6, 6.07) is 8.26. The van der Waals surface area contributed by atoms with E-state index in [0.29, 0.717) is 13.0 Å². The molecule has 18 heavy (non-hydrogen) atoms. The second-order valence-electron chi connectivity index (χ2n) is 4.05. The lowest BCUT2D eigenvalue weighted by Gasteiger charge is -2.12. The van der Waals surface area contributed by atoms with Crippen LogP contribution in [0, 0.1) is 6.92 Å². The minimum atomic E-state index is -0.867. The maximum absolute atomic E-state index is 10.9. The molecule has 1 N–H and O–H groups in total. The van der Waals surface area contributed by atoms with Crippen molar-refractivity contribution in [3.05, 3.63) is 35.4 Å². The Labute approximate surface area is 113 Å². The van der Waals surface area contributed by atoms with E-state index in [1.807, 2.05) is 19.1 Å². The molecular weight excluding hydrogens is 248 g/mol. The zero-order chi connectivity index (χ0) is 13.4. The minimum Gasteiger partial charge on any atom is -0.479 e. The number of hydrogen-bond donors (Lipinski definition) is 1. The Bertz CT molecular complexity index is 379. The Morgan fingerprint density at radius 3 is 2.78 bits per heavy atom. The van der Waals surface area contributed by atoms with Crippen molar-refractivity contribution in [2.24, 2.45) is 0 Å². The van der Waals surface area contributed by atoms with E-state index in [1.165, 1.54) is 11.1 Å². The third kappa shape index (κ3) is 5.10. The Kier molecular flexibility index (Phi) is 6.83. The maximum atomic E-state index is 10.9. The quantitative estimate of drug-likeness (QED) is 0.736. The Balaban J connectivity index is 2.30. The van der Waals surface area contributed by atoms with Gasteiger partial charge in [0.15, 0.2) is 6.10 Å². The van der Waals surface area contributed by atoms with Crippen LogP contribution in [0.1, 0.15) is 24.5 Å². The SMILES string of the molecule is CCOC(CCSCc1ccccc1C)C(=O)O. The van der Waals surface area contributed by atoms with Gasteiger partial charge in [-0.1, -0.05) is 24.3 Å². The molecule has 100 valence electrons. The molecule has 1 rings (SSSR count). The molecule has 1 aromatic carbocycles. The molecule has 1 aromatic rings. The van der Waals surface area contributed by atoms with E-state index in [0.717, 1.165) is 11.5 Å². The van der Waals surface area contributed by atoms with Gasteiger partial charge in [0, 0.05) is 12.4 Å². The van der Waals surface area contributed by atoms with Crippen LogP contribution in [0.3, 0.4) is 0 Å². The normalized spacial score (nSPS) is 12.3. The molecule has 0 aliphatic heterocycles. The van der Waals surface area contributed by atoms with Gasteiger partial charge in [0.05, 0.1) is 0 Å². The van der Waals surface area contributed by atoms with Gasteiger partial charge in [-0.25, -0.2) is 4.79 Å². The number of hydrogen-bond acceptors (Lipinski definition) is 3. The molecule has 4 heteroatoms. The van der Waals surface area contributed by atoms with E-state index in [1.54, 1.807) is 11.8 Å². The zero-order valence-electron chi connectivity index (χ0n) is 10.9. The highest BCUT2D eigenvalue weighted by atomic mass is 32.2. The van der Waals surface area contributed by atoms with Crippen molar-refractivity contribution in [1.29, 1.82) is 0 Å². The van der Waals surface area contributed by atoms with Crippen molar-refractivity contribution in [3.63, 3.8) is 0 Å². The summed E-state index contributed by atoms with van der Waals surface area (Å²) in [6.45, 7) is 4.35. The molecule has 1 unspecified atom stereocenters. The van der Waals surface area contributed by atoms with E-state index < -0.39 is 12.1 Å². The summed E-state index contributed by atoms with van der Waals surface area (Å²) in [6.07, 6.45) is -0.112. The number of rotatable bonds is 8. The second-order valence-corrected chi connectivity index (χ2v) is 5.16.